The molecule has 1 atom stereocenters. The van der Waals surface area contributed by atoms with Crippen LogP contribution in [0.2, 0.25) is 0 Å². The average Bonchev–Trinajstić information content (AvgIpc) is 3.36. The first-order valence-electron chi connectivity index (χ1n) is 10.3. The standard InChI is InChI=1S/C25H25N3O2S/c1-17-14-22(19(3)28(17)18(2)21-12-8-5-9-13-21)23(29)16-31-25-27-26-24(30-25)15-20-10-6-4-7-11-20/h4-14,18H,15-16H2,1-3H3. The van der Waals surface area contributed by atoms with Gasteiger partial charge in [0.1, 0.15) is 0 Å². The van der Waals surface area contributed by atoms with Crippen molar-refractivity contribution in [3.63, 3.8) is 0 Å². The minimum Gasteiger partial charge on any atom is -0.416 e. The fourth-order valence-electron chi connectivity index (χ4n) is 3.88. The maximum Gasteiger partial charge on any atom is 0.277 e. The Hall–Kier alpha value is -3.12. The van der Waals surface area contributed by atoms with Gasteiger partial charge in [0.2, 0.25) is 5.89 Å². The first-order chi connectivity index (χ1) is 15.0. The summed E-state index contributed by atoms with van der Waals surface area (Å²) >= 11 is 1.28. The summed E-state index contributed by atoms with van der Waals surface area (Å²) < 4.78 is 7.93. The van der Waals surface area contributed by atoms with Gasteiger partial charge in [-0.15, -0.1) is 10.2 Å². The minimum absolute atomic E-state index is 0.0624. The largest absolute Gasteiger partial charge is 0.416 e. The van der Waals surface area contributed by atoms with Gasteiger partial charge in [0.15, 0.2) is 5.78 Å². The van der Waals surface area contributed by atoms with E-state index in [0.29, 0.717) is 17.5 Å². The zero-order valence-electron chi connectivity index (χ0n) is 17.9. The number of Topliss-reactive ketones (excluding diaryl/α,β-unsaturated/α-hetero) is 1. The maximum atomic E-state index is 12.9. The molecule has 0 fully saturated rings. The molecule has 6 heteroatoms. The van der Waals surface area contributed by atoms with E-state index >= 15 is 0 Å². The lowest BCUT2D eigenvalue weighted by Crippen LogP contribution is -2.11. The van der Waals surface area contributed by atoms with Gasteiger partial charge >= 0.3 is 0 Å². The predicted octanol–water partition coefficient (Wildman–Crippen LogP) is 5.66. The van der Waals surface area contributed by atoms with Crippen LogP contribution in [0, 0.1) is 13.8 Å². The van der Waals surface area contributed by atoms with Crippen molar-refractivity contribution < 1.29 is 9.21 Å². The fourth-order valence-corrected chi connectivity index (χ4v) is 4.54. The molecule has 5 nitrogen and oxygen atoms in total. The zero-order valence-corrected chi connectivity index (χ0v) is 18.7. The Morgan fingerprint density at radius 1 is 1.03 bits per heavy atom. The van der Waals surface area contributed by atoms with E-state index in [1.807, 2.05) is 68.4 Å². The van der Waals surface area contributed by atoms with E-state index in [0.717, 1.165) is 22.5 Å². The molecule has 0 aliphatic heterocycles. The molecular formula is C25H25N3O2S. The van der Waals surface area contributed by atoms with Crippen LogP contribution < -0.4 is 0 Å². The van der Waals surface area contributed by atoms with E-state index < -0.39 is 0 Å². The molecule has 2 aromatic carbocycles. The molecule has 0 amide bonds. The normalized spacial score (nSPS) is 12.1. The van der Waals surface area contributed by atoms with Gasteiger partial charge in [-0.3, -0.25) is 4.79 Å². The lowest BCUT2D eigenvalue weighted by atomic mass is 10.1. The third-order valence-electron chi connectivity index (χ3n) is 5.43. The fraction of sp³-hybridized carbons (Fsp3) is 0.240. The molecule has 4 aromatic rings. The second-order valence-corrected chi connectivity index (χ2v) is 8.50. The second kappa shape index (κ2) is 9.35. The number of ketones is 1. The summed E-state index contributed by atoms with van der Waals surface area (Å²) in [6.07, 6.45) is 0.584. The lowest BCUT2D eigenvalue weighted by molar-refractivity contribution is 0.102. The van der Waals surface area contributed by atoms with Gasteiger partial charge in [0.05, 0.1) is 18.2 Å². The quantitative estimate of drug-likeness (QED) is 0.266. The predicted molar refractivity (Wildman–Crippen MR) is 123 cm³/mol. The van der Waals surface area contributed by atoms with Gasteiger partial charge in [0, 0.05) is 17.0 Å². The van der Waals surface area contributed by atoms with Crippen LogP contribution in [-0.4, -0.2) is 26.3 Å². The van der Waals surface area contributed by atoms with Crippen molar-refractivity contribution in [1.82, 2.24) is 14.8 Å². The summed E-state index contributed by atoms with van der Waals surface area (Å²) in [6.45, 7) is 6.21. The molecule has 0 radical (unpaired) electrons. The number of hydrogen-bond acceptors (Lipinski definition) is 5. The molecule has 0 spiro atoms. The van der Waals surface area contributed by atoms with Crippen molar-refractivity contribution in [3.8, 4) is 0 Å². The SMILES string of the molecule is Cc1cc(C(=O)CSc2nnc(Cc3ccccc3)o2)c(C)n1C(C)c1ccccc1. The molecular weight excluding hydrogens is 406 g/mol. The molecule has 0 saturated heterocycles. The van der Waals surface area contributed by atoms with Crippen LogP contribution in [0.5, 0.6) is 0 Å². The van der Waals surface area contributed by atoms with Crippen molar-refractivity contribution >= 4 is 17.5 Å². The molecule has 2 heterocycles. The number of carbonyl (C=O) groups is 1. The summed E-state index contributed by atoms with van der Waals surface area (Å²) in [5.74, 6) is 0.875. The van der Waals surface area contributed by atoms with Gasteiger partial charge in [-0.05, 0) is 38.0 Å². The van der Waals surface area contributed by atoms with Crippen LogP contribution in [-0.2, 0) is 6.42 Å². The van der Waals surface area contributed by atoms with Crippen molar-refractivity contribution in [1.29, 1.82) is 0 Å². The highest BCUT2D eigenvalue weighted by Crippen LogP contribution is 2.27. The third-order valence-corrected chi connectivity index (χ3v) is 6.25. The van der Waals surface area contributed by atoms with E-state index in [2.05, 4.69) is 33.8 Å². The number of aryl methyl sites for hydroxylation is 1. The maximum absolute atomic E-state index is 12.9. The summed E-state index contributed by atoms with van der Waals surface area (Å²) in [4.78, 5) is 12.9. The van der Waals surface area contributed by atoms with Gasteiger partial charge in [-0.2, -0.15) is 0 Å². The van der Waals surface area contributed by atoms with Crippen LogP contribution in [0.25, 0.3) is 0 Å². The topological polar surface area (TPSA) is 60.9 Å². The molecule has 31 heavy (non-hydrogen) atoms. The Labute approximate surface area is 186 Å². The number of nitrogens with zero attached hydrogens (tertiary/aromatic N) is 3. The average molecular weight is 432 g/mol. The Balaban J connectivity index is 1.43. The molecule has 0 bridgehead atoms. The van der Waals surface area contributed by atoms with Crippen LogP contribution in [0.1, 0.15) is 51.7 Å². The molecule has 4 rings (SSSR count). The summed E-state index contributed by atoms with van der Waals surface area (Å²) in [6, 6.07) is 22.4. The summed E-state index contributed by atoms with van der Waals surface area (Å²) in [5, 5.41) is 8.60. The van der Waals surface area contributed by atoms with Gasteiger partial charge in [0.25, 0.3) is 5.22 Å². The highest BCUT2D eigenvalue weighted by atomic mass is 32.2. The van der Waals surface area contributed by atoms with E-state index in [-0.39, 0.29) is 17.6 Å². The van der Waals surface area contributed by atoms with Crippen LogP contribution in [0.4, 0.5) is 0 Å². The molecule has 0 aliphatic rings. The van der Waals surface area contributed by atoms with Crippen LogP contribution in [0.15, 0.2) is 76.4 Å². The molecule has 0 saturated carbocycles. The number of benzene rings is 2. The number of rotatable bonds is 8. The van der Waals surface area contributed by atoms with E-state index in [1.54, 1.807) is 0 Å². The minimum atomic E-state index is 0.0624. The van der Waals surface area contributed by atoms with Crippen molar-refractivity contribution in [2.45, 2.75) is 38.5 Å². The first-order valence-corrected chi connectivity index (χ1v) is 11.3. The van der Waals surface area contributed by atoms with Gasteiger partial charge in [-0.25, -0.2) is 0 Å². The monoisotopic (exact) mass is 431 g/mol. The van der Waals surface area contributed by atoms with Gasteiger partial charge in [-0.1, -0.05) is 72.4 Å². The Morgan fingerprint density at radius 2 is 1.71 bits per heavy atom. The van der Waals surface area contributed by atoms with Gasteiger partial charge < -0.3 is 8.98 Å². The highest BCUT2D eigenvalue weighted by Gasteiger charge is 2.20. The number of aromatic nitrogens is 3. The second-order valence-electron chi connectivity index (χ2n) is 7.58. The van der Waals surface area contributed by atoms with Crippen LogP contribution >= 0.6 is 11.8 Å². The molecule has 0 N–H and O–H groups in total. The van der Waals surface area contributed by atoms with E-state index in [1.165, 1.54) is 17.3 Å². The zero-order chi connectivity index (χ0) is 21.8. The smallest absolute Gasteiger partial charge is 0.277 e. The van der Waals surface area contributed by atoms with Crippen molar-refractivity contribution in [2.75, 3.05) is 5.75 Å². The Bertz CT molecular complexity index is 1170. The van der Waals surface area contributed by atoms with E-state index in [4.69, 9.17) is 4.42 Å². The third kappa shape index (κ3) is 4.80. The molecule has 2 aromatic heterocycles. The van der Waals surface area contributed by atoms with E-state index in [9.17, 15) is 4.79 Å². The Morgan fingerprint density at radius 3 is 2.42 bits per heavy atom. The number of hydrogen-bond donors (Lipinski definition) is 0. The summed E-state index contributed by atoms with van der Waals surface area (Å²) in [7, 11) is 0. The van der Waals surface area contributed by atoms with Crippen molar-refractivity contribution in [2.24, 2.45) is 0 Å². The number of carbonyl (C=O) groups excluding carboxylic acids is 1. The molecule has 1 unspecified atom stereocenters. The highest BCUT2D eigenvalue weighted by molar-refractivity contribution is 7.99. The first kappa shape index (κ1) is 21.1. The van der Waals surface area contributed by atoms with Crippen molar-refractivity contribution in [3.05, 3.63) is 101 Å². The number of thioether (sulfide) groups is 1. The summed E-state index contributed by atoms with van der Waals surface area (Å²) in [5.41, 5.74) is 5.13. The molecule has 0 aliphatic carbocycles. The van der Waals surface area contributed by atoms with Crippen LogP contribution in [0.3, 0.4) is 0 Å². The lowest BCUT2D eigenvalue weighted by Gasteiger charge is -2.19. The Kier molecular flexibility index (Phi) is 6.37. The molecule has 158 valence electrons.